The third-order valence-corrected chi connectivity index (χ3v) is 4.29. The normalized spacial score (nSPS) is 11.9. The number of benzene rings is 1. The summed E-state index contributed by atoms with van der Waals surface area (Å²) in [5.74, 6) is -0.736. The highest BCUT2D eigenvalue weighted by Gasteiger charge is 2.15. The lowest BCUT2D eigenvalue weighted by Gasteiger charge is -2.16. The number of amides is 2. The number of nitrogens with one attached hydrogen (secondary N) is 1. The van der Waals surface area contributed by atoms with E-state index in [-0.39, 0.29) is 18.4 Å². The van der Waals surface area contributed by atoms with Crippen LogP contribution < -0.4 is 11.1 Å². The summed E-state index contributed by atoms with van der Waals surface area (Å²) in [7, 11) is 0. The fourth-order valence-electron chi connectivity index (χ4n) is 2.16. The van der Waals surface area contributed by atoms with E-state index in [2.05, 4.69) is 5.32 Å². The topological polar surface area (TPSA) is 92.4 Å². The molecule has 0 saturated carbocycles. The van der Waals surface area contributed by atoms with Crippen LogP contribution in [0.2, 0.25) is 0 Å². The summed E-state index contributed by atoms with van der Waals surface area (Å²) in [4.78, 5) is 23.6. The minimum atomic E-state index is -0.544. The van der Waals surface area contributed by atoms with Crippen LogP contribution in [0.15, 0.2) is 41.8 Å². The molecule has 0 radical (unpaired) electrons. The van der Waals surface area contributed by atoms with Gasteiger partial charge in [0, 0.05) is 24.4 Å². The van der Waals surface area contributed by atoms with Crippen molar-refractivity contribution in [3.8, 4) is 0 Å². The van der Waals surface area contributed by atoms with Gasteiger partial charge in [-0.15, -0.1) is 11.3 Å². The van der Waals surface area contributed by atoms with Gasteiger partial charge in [-0.25, -0.2) is 0 Å². The second kappa shape index (κ2) is 7.72. The minimum Gasteiger partial charge on any atom is -0.396 e. The molecule has 0 aliphatic rings. The van der Waals surface area contributed by atoms with Crippen molar-refractivity contribution in [2.75, 3.05) is 13.2 Å². The number of primary amides is 1. The second-order valence-electron chi connectivity index (χ2n) is 4.89. The summed E-state index contributed by atoms with van der Waals surface area (Å²) >= 11 is 1.18. The van der Waals surface area contributed by atoms with E-state index >= 15 is 0 Å². The first-order chi connectivity index (χ1) is 10.6. The first-order valence-electron chi connectivity index (χ1n) is 6.94. The van der Waals surface area contributed by atoms with E-state index in [1.807, 2.05) is 30.3 Å². The van der Waals surface area contributed by atoms with Crippen LogP contribution in [-0.2, 0) is 0 Å². The fraction of sp³-hybridized carbons (Fsp3) is 0.250. The number of carbonyl (C=O) groups is 2. The van der Waals surface area contributed by atoms with Gasteiger partial charge >= 0.3 is 0 Å². The van der Waals surface area contributed by atoms with Crippen molar-refractivity contribution in [1.29, 1.82) is 0 Å². The lowest BCUT2D eigenvalue weighted by molar-refractivity contribution is 0.0953. The Morgan fingerprint density at radius 1 is 1.27 bits per heavy atom. The average Bonchev–Trinajstić information content (AvgIpc) is 3.02. The van der Waals surface area contributed by atoms with Crippen molar-refractivity contribution < 1.29 is 14.7 Å². The number of hydrogen-bond acceptors (Lipinski definition) is 4. The van der Waals surface area contributed by atoms with Crippen LogP contribution in [-0.4, -0.2) is 30.1 Å². The quantitative estimate of drug-likeness (QED) is 0.726. The molecule has 6 heteroatoms. The van der Waals surface area contributed by atoms with E-state index in [1.165, 1.54) is 17.4 Å². The molecule has 116 valence electrons. The first kappa shape index (κ1) is 16.2. The van der Waals surface area contributed by atoms with Gasteiger partial charge in [-0.1, -0.05) is 30.3 Å². The van der Waals surface area contributed by atoms with Gasteiger partial charge in [0.05, 0.1) is 10.4 Å². The highest BCUT2D eigenvalue weighted by atomic mass is 32.1. The number of thiophene rings is 1. The smallest absolute Gasteiger partial charge is 0.261 e. The molecule has 0 spiro atoms. The minimum absolute atomic E-state index is 0.0470. The first-order valence-corrected chi connectivity index (χ1v) is 7.82. The van der Waals surface area contributed by atoms with Crippen molar-refractivity contribution in [3.63, 3.8) is 0 Å². The Hall–Kier alpha value is -2.18. The standard InChI is InChI=1S/C16H18N2O3S/c17-15(20)13-8-14(22-10-13)16(21)18-9-12(6-7-19)11-4-2-1-3-5-11/h1-5,8,10,12,19H,6-7,9H2,(H2,17,20)(H,18,21). The predicted octanol–water partition coefficient (Wildman–Crippen LogP) is 1.74. The highest BCUT2D eigenvalue weighted by molar-refractivity contribution is 7.12. The van der Waals surface area contributed by atoms with E-state index < -0.39 is 5.91 Å². The molecular weight excluding hydrogens is 300 g/mol. The molecule has 5 nitrogen and oxygen atoms in total. The largest absolute Gasteiger partial charge is 0.396 e. The molecule has 2 rings (SSSR count). The monoisotopic (exact) mass is 318 g/mol. The molecule has 1 atom stereocenters. The molecule has 2 aromatic rings. The summed E-state index contributed by atoms with van der Waals surface area (Å²) in [6.45, 7) is 0.480. The third kappa shape index (κ3) is 4.16. The zero-order valence-electron chi connectivity index (χ0n) is 12.0. The maximum atomic E-state index is 12.1. The van der Waals surface area contributed by atoms with E-state index in [1.54, 1.807) is 5.38 Å². The predicted molar refractivity (Wildman–Crippen MR) is 86.1 cm³/mol. The molecule has 1 heterocycles. The summed E-state index contributed by atoms with van der Waals surface area (Å²) in [6, 6.07) is 11.2. The van der Waals surface area contributed by atoms with Crippen molar-refractivity contribution in [1.82, 2.24) is 5.32 Å². The van der Waals surface area contributed by atoms with Gasteiger partial charge in [-0.3, -0.25) is 9.59 Å². The lowest BCUT2D eigenvalue weighted by Crippen LogP contribution is -2.28. The SMILES string of the molecule is NC(=O)c1csc(C(=O)NCC(CCO)c2ccccc2)c1. The molecule has 0 aliphatic carbocycles. The number of rotatable bonds is 7. The van der Waals surface area contributed by atoms with E-state index in [0.717, 1.165) is 5.56 Å². The van der Waals surface area contributed by atoms with Gasteiger partial charge in [0.2, 0.25) is 5.91 Å². The number of aliphatic hydroxyl groups is 1. The van der Waals surface area contributed by atoms with Gasteiger partial charge in [-0.2, -0.15) is 0 Å². The maximum absolute atomic E-state index is 12.1. The summed E-state index contributed by atoms with van der Waals surface area (Å²) in [5, 5.41) is 13.6. The number of aliphatic hydroxyl groups excluding tert-OH is 1. The van der Waals surface area contributed by atoms with Gasteiger partial charge in [-0.05, 0) is 18.1 Å². The molecular formula is C16H18N2O3S. The Labute approximate surface area is 132 Å². The molecule has 22 heavy (non-hydrogen) atoms. The lowest BCUT2D eigenvalue weighted by atomic mass is 9.96. The third-order valence-electron chi connectivity index (χ3n) is 3.37. The van der Waals surface area contributed by atoms with E-state index in [0.29, 0.717) is 23.4 Å². The highest BCUT2D eigenvalue weighted by Crippen LogP contribution is 2.19. The molecule has 1 aromatic carbocycles. The van der Waals surface area contributed by atoms with Crippen LogP contribution in [0.3, 0.4) is 0 Å². The van der Waals surface area contributed by atoms with Crippen molar-refractivity contribution in [2.24, 2.45) is 5.73 Å². The number of carbonyl (C=O) groups excluding carboxylic acids is 2. The molecule has 0 bridgehead atoms. The molecule has 2 amide bonds. The van der Waals surface area contributed by atoms with Crippen LogP contribution in [0.1, 0.15) is 37.9 Å². The van der Waals surface area contributed by atoms with Crippen LogP contribution in [0.25, 0.3) is 0 Å². The fourth-order valence-corrected chi connectivity index (χ4v) is 2.97. The van der Waals surface area contributed by atoms with E-state index in [9.17, 15) is 14.7 Å². The number of nitrogens with two attached hydrogens (primary N) is 1. The van der Waals surface area contributed by atoms with Crippen LogP contribution in [0, 0.1) is 0 Å². The van der Waals surface area contributed by atoms with Crippen molar-refractivity contribution in [3.05, 3.63) is 57.8 Å². The second-order valence-corrected chi connectivity index (χ2v) is 5.81. The summed E-state index contributed by atoms with van der Waals surface area (Å²) in [6.07, 6.45) is 0.571. The van der Waals surface area contributed by atoms with E-state index in [4.69, 9.17) is 5.73 Å². The maximum Gasteiger partial charge on any atom is 0.261 e. The average molecular weight is 318 g/mol. The Morgan fingerprint density at radius 2 is 2.00 bits per heavy atom. The Balaban J connectivity index is 1.99. The Kier molecular flexibility index (Phi) is 5.68. The summed E-state index contributed by atoms with van der Waals surface area (Å²) < 4.78 is 0. The Morgan fingerprint density at radius 3 is 2.59 bits per heavy atom. The van der Waals surface area contributed by atoms with Gasteiger partial charge in [0.1, 0.15) is 0 Å². The summed E-state index contributed by atoms with van der Waals surface area (Å²) in [5.41, 5.74) is 6.58. The molecule has 0 aliphatic heterocycles. The van der Waals surface area contributed by atoms with Crippen LogP contribution >= 0.6 is 11.3 Å². The van der Waals surface area contributed by atoms with Gasteiger partial charge in [0.15, 0.2) is 0 Å². The van der Waals surface area contributed by atoms with Crippen LogP contribution in [0.4, 0.5) is 0 Å². The van der Waals surface area contributed by atoms with Crippen molar-refractivity contribution >= 4 is 23.2 Å². The molecule has 0 saturated heterocycles. The molecule has 0 fully saturated rings. The van der Waals surface area contributed by atoms with Gasteiger partial charge in [0.25, 0.3) is 5.91 Å². The molecule has 1 unspecified atom stereocenters. The molecule has 4 N–H and O–H groups in total. The molecule has 1 aromatic heterocycles. The Bertz CT molecular complexity index is 640. The van der Waals surface area contributed by atoms with Crippen LogP contribution in [0.5, 0.6) is 0 Å². The zero-order valence-corrected chi connectivity index (χ0v) is 12.8. The van der Waals surface area contributed by atoms with Gasteiger partial charge < -0.3 is 16.2 Å². The van der Waals surface area contributed by atoms with Crippen molar-refractivity contribution in [2.45, 2.75) is 12.3 Å². The zero-order chi connectivity index (χ0) is 15.9. The number of hydrogen-bond donors (Lipinski definition) is 3.